The van der Waals surface area contributed by atoms with Gasteiger partial charge in [-0.3, -0.25) is 9.59 Å². The van der Waals surface area contributed by atoms with E-state index in [4.69, 9.17) is 4.74 Å². The standard InChI is InChI=1S/C37H40F3NO4/c1-2-33(42)36(43)41(17-7-6-10-24-8-4-3-5-9-24)32-23-28(27-11-14-31(15-12-27)45-37(38,39)40)13-16-34(32)44-35-29-19-25-18-26(21-29)22-30(35)20-25/h3-5,8-9,11-16,23,25-26,29-30,35H,2,6-7,10,17-22H2,1H3. The number of aryl methyl sites for hydroxylation is 1. The summed E-state index contributed by atoms with van der Waals surface area (Å²) in [5.74, 6) is 1.76. The Hall–Kier alpha value is -3.81. The fourth-order valence-corrected chi connectivity index (χ4v) is 7.95. The Balaban J connectivity index is 1.31. The van der Waals surface area contributed by atoms with Crippen molar-refractivity contribution in [1.29, 1.82) is 0 Å². The van der Waals surface area contributed by atoms with Gasteiger partial charge in [0.2, 0.25) is 5.78 Å². The summed E-state index contributed by atoms with van der Waals surface area (Å²) in [4.78, 5) is 28.1. The molecule has 7 rings (SSSR count). The highest BCUT2D eigenvalue weighted by atomic mass is 19.4. The molecule has 4 fully saturated rings. The molecule has 0 saturated heterocycles. The molecular formula is C37H40F3NO4. The van der Waals surface area contributed by atoms with Crippen LogP contribution in [0.4, 0.5) is 18.9 Å². The lowest BCUT2D eigenvalue weighted by atomic mass is 9.55. The van der Waals surface area contributed by atoms with Crippen LogP contribution in [0.15, 0.2) is 72.8 Å². The fourth-order valence-electron chi connectivity index (χ4n) is 7.95. The SMILES string of the molecule is CCC(=O)C(=O)N(CCCCc1ccccc1)c1cc(-c2ccc(OC(F)(F)F)cc2)ccc1OC1C2CC3CC(C2)CC1C3. The molecule has 3 aromatic rings. The van der Waals surface area contributed by atoms with E-state index in [0.717, 1.165) is 24.7 Å². The molecule has 5 nitrogen and oxygen atoms in total. The van der Waals surface area contributed by atoms with Crippen LogP contribution in [0.25, 0.3) is 11.1 Å². The van der Waals surface area contributed by atoms with Crippen molar-refractivity contribution in [2.24, 2.45) is 23.7 Å². The molecule has 0 aliphatic heterocycles. The van der Waals surface area contributed by atoms with E-state index in [0.29, 0.717) is 47.4 Å². The maximum Gasteiger partial charge on any atom is 0.573 e. The third kappa shape index (κ3) is 7.37. The van der Waals surface area contributed by atoms with E-state index in [9.17, 15) is 22.8 Å². The molecule has 0 atom stereocenters. The number of benzene rings is 3. The molecule has 1 amide bonds. The van der Waals surface area contributed by atoms with E-state index in [1.54, 1.807) is 24.0 Å². The maximum absolute atomic E-state index is 13.7. The predicted octanol–water partition coefficient (Wildman–Crippen LogP) is 8.79. The first-order valence-corrected chi connectivity index (χ1v) is 16.2. The van der Waals surface area contributed by atoms with Crippen molar-refractivity contribution in [3.05, 3.63) is 78.4 Å². The second kappa shape index (κ2) is 13.3. The molecule has 0 aromatic heterocycles. The number of nitrogens with zero attached hydrogens (tertiary/aromatic N) is 1. The lowest BCUT2D eigenvalue weighted by Gasteiger charge is -2.53. The van der Waals surface area contributed by atoms with Gasteiger partial charge in [-0.25, -0.2) is 0 Å². The average Bonchev–Trinajstić information content (AvgIpc) is 3.02. The van der Waals surface area contributed by atoms with Crippen molar-refractivity contribution >= 4 is 17.4 Å². The molecule has 0 N–H and O–H groups in total. The highest BCUT2D eigenvalue weighted by Gasteiger charge is 2.49. The number of unbranched alkanes of at least 4 members (excludes halogenated alkanes) is 1. The van der Waals surface area contributed by atoms with E-state index in [-0.39, 0.29) is 18.3 Å². The summed E-state index contributed by atoms with van der Waals surface area (Å²) in [7, 11) is 0. The van der Waals surface area contributed by atoms with Gasteiger partial charge in [0.25, 0.3) is 5.91 Å². The van der Waals surface area contributed by atoms with Gasteiger partial charge in [-0.15, -0.1) is 13.2 Å². The topological polar surface area (TPSA) is 55.8 Å². The molecule has 4 aliphatic carbocycles. The van der Waals surface area contributed by atoms with Crippen molar-refractivity contribution in [3.63, 3.8) is 0 Å². The number of hydrogen-bond donors (Lipinski definition) is 0. The highest BCUT2D eigenvalue weighted by molar-refractivity contribution is 6.41. The van der Waals surface area contributed by atoms with E-state index in [1.165, 1.54) is 49.8 Å². The van der Waals surface area contributed by atoms with Crippen molar-refractivity contribution in [2.75, 3.05) is 11.4 Å². The van der Waals surface area contributed by atoms with E-state index in [1.807, 2.05) is 36.4 Å². The third-order valence-electron chi connectivity index (χ3n) is 9.82. The summed E-state index contributed by atoms with van der Waals surface area (Å²) in [5.41, 5.74) is 3.10. The zero-order valence-electron chi connectivity index (χ0n) is 25.6. The van der Waals surface area contributed by atoms with Gasteiger partial charge < -0.3 is 14.4 Å². The third-order valence-corrected chi connectivity index (χ3v) is 9.82. The number of rotatable bonds is 12. The van der Waals surface area contributed by atoms with Gasteiger partial charge in [0, 0.05) is 13.0 Å². The Kier molecular flexibility index (Phi) is 9.20. The summed E-state index contributed by atoms with van der Waals surface area (Å²) >= 11 is 0. The summed E-state index contributed by atoms with van der Waals surface area (Å²) in [5, 5.41) is 0. The van der Waals surface area contributed by atoms with Crippen LogP contribution in [-0.2, 0) is 16.0 Å². The Morgan fingerprint density at radius 1 is 0.822 bits per heavy atom. The zero-order chi connectivity index (χ0) is 31.6. The molecule has 0 radical (unpaired) electrons. The van der Waals surface area contributed by atoms with Gasteiger partial charge in [0.15, 0.2) is 0 Å². The monoisotopic (exact) mass is 619 g/mol. The number of ketones is 1. The Morgan fingerprint density at radius 2 is 1.47 bits per heavy atom. The zero-order valence-corrected chi connectivity index (χ0v) is 25.6. The number of alkyl halides is 3. The van der Waals surface area contributed by atoms with Crippen LogP contribution >= 0.6 is 0 Å². The number of amides is 1. The van der Waals surface area contributed by atoms with Crippen LogP contribution in [0.5, 0.6) is 11.5 Å². The number of anilines is 1. The Labute approximate surface area is 262 Å². The number of carbonyl (C=O) groups excluding carboxylic acids is 2. The molecule has 3 aromatic carbocycles. The molecular weight excluding hydrogens is 579 g/mol. The molecule has 4 bridgehead atoms. The second-order valence-electron chi connectivity index (χ2n) is 12.9. The van der Waals surface area contributed by atoms with Gasteiger partial charge in [0.05, 0.1) is 5.69 Å². The second-order valence-corrected chi connectivity index (χ2v) is 12.9. The minimum absolute atomic E-state index is 0.0677. The van der Waals surface area contributed by atoms with Crippen molar-refractivity contribution in [1.82, 2.24) is 0 Å². The summed E-state index contributed by atoms with van der Waals surface area (Å²) in [6.07, 6.45) is 3.78. The number of Topliss-reactive ketones (excluding diaryl/α,β-unsaturated/α-hetero) is 1. The summed E-state index contributed by atoms with van der Waals surface area (Å²) < 4.78 is 49.1. The van der Waals surface area contributed by atoms with Gasteiger partial charge in [0.1, 0.15) is 17.6 Å². The average molecular weight is 620 g/mol. The van der Waals surface area contributed by atoms with Gasteiger partial charge in [-0.05, 0) is 116 Å². The first kappa shape index (κ1) is 31.2. The van der Waals surface area contributed by atoms with Gasteiger partial charge >= 0.3 is 6.36 Å². The van der Waals surface area contributed by atoms with Crippen LogP contribution in [0.2, 0.25) is 0 Å². The molecule has 4 aliphatic rings. The highest BCUT2D eigenvalue weighted by Crippen LogP contribution is 2.55. The molecule has 4 saturated carbocycles. The quantitative estimate of drug-likeness (QED) is 0.150. The first-order valence-electron chi connectivity index (χ1n) is 16.2. The molecule has 0 unspecified atom stereocenters. The van der Waals surface area contributed by atoms with Gasteiger partial charge in [-0.1, -0.05) is 55.5 Å². The maximum atomic E-state index is 13.7. The number of ether oxygens (including phenoxy) is 2. The number of halogens is 3. The minimum atomic E-state index is -4.78. The van der Waals surface area contributed by atoms with E-state index < -0.39 is 18.1 Å². The summed E-state index contributed by atoms with van der Waals surface area (Å²) in [6.45, 7) is 2.03. The normalized spacial score (nSPS) is 23.5. The largest absolute Gasteiger partial charge is 0.573 e. The van der Waals surface area contributed by atoms with Crippen LogP contribution in [0, 0.1) is 23.7 Å². The van der Waals surface area contributed by atoms with Crippen LogP contribution in [-0.4, -0.2) is 30.7 Å². The number of hydrogen-bond acceptors (Lipinski definition) is 4. The number of carbonyl (C=O) groups is 2. The van der Waals surface area contributed by atoms with E-state index >= 15 is 0 Å². The van der Waals surface area contributed by atoms with Crippen molar-refractivity contribution in [2.45, 2.75) is 77.2 Å². The first-order chi connectivity index (χ1) is 21.7. The lowest BCUT2D eigenvalue weighted by molar-refractivity contribution is -0.274. The molecule has 0 spiro atoms. The van der Waals surface area contributed by atoms with Gasteiger partial charge in [-0.2, -0.15) is 0 Å². The predicted molar refractivity (Wildman–Crippen MR) is 167 cm³/mol. The fraction of sp³-hybridized carbons (Fsp3) is 0.459. The van der Waals surface area contributed by atoms with Crippen LogP contribution in [0.1, 0.15) is 63.9 Å². The summed E-state index contributed by atoms with van der Waals surface area (Å²) in [6, 6.07) is 21.4. The van der Waals surface area contributed by atoms with Crippen molar-refractivity contribution < 1.29 is 32.2 Å². The minimum Gasteiger partial charge on any atom is -0.488 e. The molecule has 0 heterocycles. The lowest BCUT2D eigenvalue weighted by Crippen LogP contribution is -2.50. The van der Waals surface area contributed by atoms with E-state index in [2.05, 4.69) is 16.9 Å². The Morgan fingerprint density at radius 3 is 2.09 bits per heavy atom. The molecule has 8 heteroatoms. The van der Waals surface area contributed by atoms with Crippen molar-refractivity contribution in [3.8, 4) is 22.6 Å². The molecule has 238 valence electrons. The Bertz CT molecular complexity index is 1460. The van der Waals surface area contributed by atoms with Crippen LogP contribution in [0.3, 0.4) is 0 Å². The molecule has 45 heavy (non-hydrogen) atoms. The smallest absolute Gasteiger partial charge is 0.488 e. The van der Waals surface area contributed by atoms with Crippen LogP contribution < -0.4 is 14.4 Å².